The molecule has 2 amide bonds. The highest BCUT2D eigenvalue weighted by molar-refractivity contribution is 5.88. The summed E-state index contributed by atoms with van der Waals surface area (Å²) >= 11 is 0. The third-order valence-corrected chi connectivity index (χ3v) is 4.16. The Bertz CT molecular complexity index is 1080. The number of methoxy groups -OCH3 is 1. The second-order valence-electron chi connectivity index (χ2n) is 6.37. The summed E-state index contributed by atoms with van der Waals surface area (Å²) in [4.78, 5) is 22.9. The number of carbonyl (C=O) groups excluding carboxylic acids is 2. The molecule has 3 rings (SSSR count). The molecule has 3 aromatic rings. The summed E-state index contributed by atoms with van der Waals surface area (Å²) in [5.41, 5.74) is 9.05. The zero-order chi connectivity index (χ0) is 21.3. The molecule has 0 heterocycles. The molecule has 30 heavy (non-hydrogen) atoms. The minimum absolute atomic E-state index is 0.0747. The Kier molecular flexibility index (Phi) is 6.83. The zero-order valence-electron chi connectivity index (χ0n) is 16.4. The van der Waals surface area contributed by atoms with Crippen LogP contribution in [0, 0.1) is 0 Å². The molecule has 0 spiro atoms. The van der Waals surface area contributed by atoms with Crippen LogP contribution in [0.2, 0.25) is 0 Å². The number of nitrogens with zero attached hydrogens (tertiary/aromatic N) is 1. The van der Waals surface area contributed by atoms with E-state index in [1.807, 2.05) is 42.5 Å². The number of primary amides is 1. The van der Waals surface area contributed by atoms with E-state index in [1.165, 1.54) is 13.3 Å². The molecule has 4 N–H and O–H groups in total. The van der Waals surface area contributed by atoms with E-state index in [9.17, 15) is 9.59 Å². The number of hydrazone groups is 1. The molecule has 0 aliphatic carbocycles. The maximum atomic E-state index is 12.0. The number of amides is 2. The molecule has 0 fully saturated rings. The number of hydrogen-bond acceptors (Lipinski definition) is 6. The fourth-order valence-electron chi connectivity index (χ4n) is 2.74. The number of anilines is 1. The molecule has 0 saturated heterocycles. The Labute approximate surface area is 173 Å². The molecule has 154 valence electrons. The lowest BCUT2D eigenvalue weighted by Gasteiger charge is -2.10. The zero-order valence-corrected chi connectivity index (χ0v) is 16.4. The van der Waals surface area contributed by atoms with Crippen LogP contribution in [0.5, 0.6) is 11.5 Å². The molecule has 0 atom stereocenters. The number of fused-ring (bicyclic) bond motifs is 1. The van der Waals surface area contributed by atoms with Crippen molar-refractivity contribution in [1.29, 1.82) is 0 Å². The van der Waals surface area contributed by atoms with Crippen molar-refractivity contribution in [2.45, 2.75) is 0 Å². The van der Waals surface area contributed by atoms with Crippen molar-refractivity contribution in [2.24, 2.45) is 10.8 Å². The van der Waals surface area contributed by atoms with Crippen molar-refractivity contribution in [2.75, 3.05) is 25.6 Å². The lowest BCUT2D eigenvalue weighted by atomic mass is 10.1. The first-order valence-electron chi connectivity index (χ1n) is 9.19. The van der Waals surface area contributed by atoms with Gasteiger partial charge in [0, 0.05) is 5.69 Å². The van der Waals surface area contributed by atoms with Gasteiger partial charge in [-0.05, 0) is 46.7 Å². The molecular weight excluding hydrogens is 384 g/mol. The Morgan fingerprint density at radius 1 is 1.03 bits per heavy atom. The quantitative estimate of drug-likeness (QED) is 0.372. The van der Waals surface area contributed by atoms with Gasteiger partial charge in [-0.1, -0.05) is 30.3 Å². The van der Waals surface area contributed by atoms with E-state index in [0.717, 1.165) is 16.5 Å². The molecule has 8 heteroatoms. The SMILES string of the molecule is COc1ccc(C=NNC(=O)CNc2ccc3ccccc3c2)cc1OCC(N)=O. The van der Waals surface area contributed by atoms with Crippen LogP contribution in [0.25, 0.3) is 10.8 Å². The van der Waals surface area contributed by atoms with Gasteiger partial charge in [-0.2, -0.15) is 5.10 Å². The van der Waals surface area contributed by atoms with Gasteiger partial charge in [-0.15, -0.1) is 0 Å². The number of ether oxygens (including phenoxy) is 2. The van der Waals surface area contributed by atoms with Crippen molar-refractivity contribution in [3.8, 4) is 11.5 Å². The fraction of sp³-hybridized carbons (Fsp3) is 0.136. The van der Waals surface area contributed by atoms with E-state index in [4.69, 9.17) is 15.2 Å². The van der Waals surface area contributed by atoms with Crippen LogP contribution in [-0.2, 0) is 9.59 Å². The normalized spacial score (nSPS) is 10.7. The topological polar surface area (TPSA) is 115 Å². The summed E-state index contributed by atoms with van der Waals surface area (Å²) in [7, 11) is 1.49. The molecule has 0 saturated carbocycles. The predicted molar refractivity (Wildman–Crippen MR) is 116 cm³/mol. The highest BCUT2D eigenvalue weighted by Crippen LogP contribution is 2.27. The third kappa shape index (κ3) is 5.71. The summed E-state index contributed by atoms with van der Waals surface area (Å²) in [6, 6.07) is 18.9. The number of benzene rings is 3. The lowest BCUT2D eigenvalue weighted by Crippen LogP contribution is -2.25. The first kappa shape index (κ1) is 20.7. The lowest BCUT2D eigenvalue weighted by molar-refractivity contribution is -0.120. The largest absolute Gasteiger partial charge is 0.493 e. The number of nitrogens with one attached hydrogen (secondary N) is 2. The van der Waals surface area contributed by atoms with Crippen molar-refractivity contribution >= 4 is 34.5 Å². The predicted octanol–water partition coefficient (Wildman–Crippen LogP) is 2.27. The van der Waals surface area contributed by atoms with E-state index < -0.39 is 5.91 Å². The van der Waals surface area contributed by atoms with Crippen LogP contribution in [-0.4, -0.2) is 38.3 Å². The van der Waals surface area contributed by atoms with Crippen LogP contribution in [0.15, 0.2) is 65.8 Å². The van der Waals surface area contributed by atoms with Gasteiger partial charge in [0.15, 0.2) is 18.1 Å². The van der Waals surface area contributed by atoms with Crippen LogP contribution in [0.3, 0.4) is 0 Å². The summed E-state index contributed by atoms with van der Waals surface area (Å²) in [6.45, 7) is -0.195. The minimum atomic E-state index is -0.595. The molecule has 0 unspecified atom stereocenters. The summed E-state index contributed by atoms with van der Waals surface area (Å²) < 4.78 is 10.5. The highest BCUT2D eigenvalue weighted by Gasteiger charge is 2.07. The Morgan fingerprint density at radius 2 is 1.83 bits per heavy atom. The van der Waals surface area contributed by atoms with Gasteiger partial charge in [0.05, 0.1) is 19.9 Å². The first-order valence-corrected chi connectivity index (χ1v) is 9.19. The second-order valence-corrected chi connectivity index (χ2v) is 6.37. The highest BCUT2D eigenvalue weighted by atomic mass is 16.5. The van der Waals surface area contributed by atoms with Crippen LogP contribution in [0.4, 0.5) is 5.69 Å². The molecule has 0 bridgehead atoms. The fourth-order valence-corrected chi connectivity index (χ4v) is 2.74. The Morgan fingerprint density at radius 3 is 2.60 bits per heavy atom. The number of carbonyl (C=O) groups is 2. The van der Waals surface area contributed by atoms with Gasteiger partial charge in [0.1, 0.15) is 0 Å². The number of hydrogen-bond donors (Lipinski definition) is 3. The van der Waals surface area contributed by atoms with Gasteiger partial charge in [-0.25, -0.2) is 5.43 Å². The maximum absolute atomic E-state index is 12.0. The summed E-state index contributed by atoms with van der Waals surface area (Å²) in [5, 5.41) is 9.24. The van der Waals surface area contributed by atoms with Crippen LogP contribution in [0.1, 0.15) is 5.56 Å². The summed E-state index contributed by atoms with van der Waals surface area (Å²) in [5.74, 6) is -0.0815. The standard InChI is InChI=1S/C22H22N4O4/c1-29-19-9-6-15(10-20(19)30-14-21(23)27)12-25-26-22(28)13-24-18-8-7-16-4-2-3-5-17(16)11-18/h2-12,24H,13-14H2,1H3,(H2,23,27)(H,26,28). The van der Waals surface area contributed by atoms with Gasteiger partial charge in [0.25, 0.3) is 11.8 Å². The van der Waals surface area contributed by atoms with E-state index in [1.54, 1.807) is 18.2 Å². The van der Waals surface area contributed by atoms with Gasteiger partial charge < -0.3 is 20.5 Å². The molecule has 0 radical (unpaired) electrons. The van der Waals surface area contributed by atoms with E-state index in [0.29, 0.717) is 17.1 Å². The average Bonchev–Trinajstić information content (AvgIpc) is 2.76. The summed E-state index contributed by atoms with van der Waals surface area (Å²) in [6.07, 6.45) is 1.46. The van der Waals surface area contributed by atoms with Gasteiger partial charge in [0.2, 0.25) is 0 Å². The average molecular weight is 406 g/mol. The maximum Gasteiger partial charge on any atom is 0.259 e. The van der Waals surface area contributed by atoms with Crippen LogP contribution >= 0.6 is 0 Å². The van der Waals surface area contributed by atoms with Crippen molar-refractivity contribution < 1.29 is 19.1 Å². The second kappa shape index (κ2) is 9.92. The first-order chi connectivity index (χ1) is 14.5. The molecule has 3 aromatic carbocycles. The van der Waals surface area contributed by atoms with Gasteiger partial charge in [-0.3, -0.25) is 9.59 Å². The molecule has 0 aliphatic rings. The third-order valence-electron chi connectivity index (χ3n) is 4.16. The van der Waals surface area contributed by atoms with E-state index in [-0.39, 0.29) is 19.1 Å². The number of nitrogens with two attached hydrogens (primary N) is 1. The molecule has 0 aromatic heterocycles. The molecular formula is C22H22N4O4. The van der Waals surface area contributed by atoms with Crippen molar-refractivity contribution in [3.05, 3.63) is 66.2 Å². The van der Waals surface area contributed by atoms with E-state index in [2.05, 4.69) is 15.8 Å². The molecule has 8 nitrogen and oxygen atoms in total. The monoisotopic (exact) mass is 406 g/mol. The van der Waals surface area contributed by atoms with Crippen LogP contribution < -0.4 is 25.9 Å². The molecule has 0 aliphatic heterocycles. The van der Waals surface area contributed by atoms with Crippen molar-refractivity contribution in [1.82, 2.24) is 5.43 Å². The van der Waals surface area contributed by atoms with Gasteiger partial charge >= 0.3 is 0 Å². The Balaban J connectivity index is 1.54. The Hall–Kier alpha value is -4.07. The van der Waals surface area contributed by atoms with E-state index >= 15 is 0 Å². The minimum Gasteiger partial charge on any atom is -0.493 e. The number of rotatable bonds is 9. The van der Waals surface area contributed by atoms with Crippen molar-refractivity contribution in [3.63, 3.8) is 0 Å². The smallest absolute Gasteiger partial charge is 0.259 e.